The molecule has 0 heterocycles. The Balaban J connectivity index is 1.71. The maximum Gasteiger partial charge on any atom is 0.407 e. The van der Waals surface area contributed by atoms with Crippen molar-refractivity contribution in [2.45, 2.75) is 25.9 Å². The quantitative estimate of drug-likeness (QED) is 0.808. The molecule has 1 aliphatic rings. The number of amides is 1. The largest absolute Gasteiger partial charge is 0.445 e. The minimum Gasteiger partial charge on any atom is -0.445 e. The Hall–Kier alpha value is -1.77. The first-order valence-corrected chi connectivity index (χ1v) is 6.32. The fourth-order valence-corrected chi connectivity index (χ4v) is 2.11. The lowest BCUT2D eigenvalue weighted by molar-refractivity contribution is 0.127. The van der Waals surface area contributed by atoms with Crippen LogP contribution in [0.15, 0.2) is 43.0 Å². The standard InChI is InChI=1S/C15H19NO2/c1-2-15(9-6-10-15)12-16-14(17)18-11-13-7-4-3-5-8-13/h2-5,7-8H,1,6,9-12H2,(H,16,17). The van der Waals surface area contributed by atoms with Crippen molar-refractivity contribution in [3.8, 4) is 0 Å². The first kappa shape index (κ1) is 12.7. The van der Waals surface area contributed by atoms with Gasteiger partial charge in [0.1, 0.15) is 6.61 Å². The monoisotopic (exact) mass is 245 g/mol. The summed E-state index contributed by atoms with van der Waals surface area (Å²) in [7, 11) is 0. The van der Waals surface area contributed by atoms with Crippen LogP contribution in [0.5, 0.6) is 0 Å². The van der Waals surface area contributed by atoms with Gasteiger partial charge in [-0.05, 0) is 18.4 Å². The van der Waals surface area contributed by atoms with Crippen molar-refractivity contribution in [3.05, 3.63) is 48.6 Å². The molecule has 18 heavy (non-hydrogen) atoms. The molecule has 0 aliphatic heterocycles. The Labute approximate surface area is 108 Å². The molecule has 0 bridgehead atoms. The molecule has 0 aromatic heterocycles. The van der Waals surface area contributed by atoms with E-state index in [4.69, 9.17) is 4.74 Å². The summed E-state index contributed by atoms with van der Waals surface area (Å²) in [6.45, 7) is 4.78. The van der Waals surface area contributed by atoms with Crippen LogP contribution in [0.25, 0.3) is 0 Å². The molecule has 0 saturated heterocycles. The molecular weight excluding hydrogens is 226 g/mol. The fourth-order valence-electron chi connectivity index (χ4n) is 2.11. The molecule has 1 aromatic carbocycles. The molecule has 1 aromatic rings. The predicted octanol–water partition coefficient (Wildman–Crippen LogP) is 3.27. The summed E-state index contributed by atoms with van der Waals surface area (Å²) in [5, 5.41) is 2.81. The average molecular weight is 245 g/mol. The molecule has 1 amide bonds. The zero-order valence-electron chi connectivity index (χ0n) is 10.5. The molecular formula is C15H19NO2. The number of ether oxygens (including phenoxy) is 1. The summed E-state index contributed by atoms with van der Waals surface area (Å²) in [4.78, 5) is 11.6. The van der Waals surface area contributed by atoms with Crippen LogP contribution in [-0.4, -0.2) is 12.6 Å². The van der Waals surface area contributed by atoms with Gasteiger partial charge in [0, 0.05) is 12.0 Å². The van der Waals surface area contributed by atoms with Crippen LogP contribution in [0, 0.1) is 5.41 Å². The van der Waals surface area contributed by atoms with Crippen LogP contribution in [0.3, 0.4) is 0 Å². The molecule has 3 nitrogen and oxygen atoms in total. The fraction of sp³-hybridized carbons (Fsp3) is 0.400. The lowest BCUT2D eigenvalue weighted by Crippen LogP contribution is -2.40. The first-order chi connectivity index (χ1) is 8.74. The normalized spacial score (nSPS) is 16.4. The molecule has 1 fully saturated rings. The number of alkyl carbamates (subject to hydrolysis) is 1. The van der Waals surface area contributed by atoms with E-state index in [1.807, 2.05) is 36.4 Å². The highest BCUT2D eigenvalue weighted by molar-refractivity contribution is 5.67. The highest BCUT2D eigenvalue weighted by Gasteiger charge is 2.34. The molecule has 1 aliphatic carbocycles. The van der Waals surface area contributed by atoms with Gasteiger partial charge in [0.2, 0.25) is 0 Å². The van der Waals surface area contributed by atoms with Crippen LogP contribution < -0.4 is 5.32 Å². The second-order valence-electron chi connectivity index (χ2n) is 4.84. The number of nitrogens with one attached hydrogen (secondary N) is 1. The summed E-state index contributed by atoms with van der Waals surface area (Å²) in [6, 6.07) is 9.66. The van der Waals surface area contributed by atoms with E-state index in [1.165, 1.54) is 6.42 Å². The van der Waals surface area contributed by atoms with Gasteiger partial charge in [-0.25, -0.2) is 4.79 Å². The van der Waals surface area contributed by atoms with E-state index in [2.05, 4.69) is 11.9 Å². The SMILES string of the molecule is C=CC1(CNC(=O)OCc2ccccc2)CCC1. The molecule has 0 spiro atoms. The second kappa shape index (κ2) is 5.71. The Kier molecular flexibility index (Phi) is 4.03. The van der Waals surface area contributed by atoms with E-state index in [0.29, 0.717) is 13.2 Å². The number of carbonyl (C=O) groups excluding carboxylic acids is 1. The van der Waals surface area contributed by atoms with Crippen molar-refractivity contribution in [3.63, 3.8) is 0 Å². The first-order valence-electron chi connectivity index (χ1n) is 6.32. The van der Waals surface area contributed by atoms with Crippen molar-refractivity contribution in [1.29, 1.82) is 0 Å². The predicted molar refractivity (Wildman–Crippen MR) is 71.1 cm³/mol. The van der Waals surface area contributed by atoms with Crippen LogP contribution in [0.2, 0.25) is 0 Å². The second-order valence-corrected chi connectivity index (χ2v) is 4.84. The summed E-state index contributed by atoms with van der Waals surface area (Å²) >= 11 is 0. The third kappa shape index (κ3) is 3.13. The Morgan fingerprint density at radius 1 is 1.39 bits per heavy atom. The number of benzene rings is 1. The van der Waals surface area contributed by atoms with Crippen molar-refractivity contribution in [2.75, 3.05) is 6.54 Å². The number of carbonyl (C=O) groups is 1. The number of hydrogen-bond acceptors (Lipinski definition) is 2. The molecule has 96 valence electrons. The topological polar surface area (TPSA) is 38.3 Å². The van der Waals surface area contributed by atoms with Gasteiger partial charge in [-0.3, -0.25) is 0 Å². The zero-order chi connectivity index (χ0) is 12.8. The lowest BCUT2D eigenvalue weighted by atomic mass is 9.69. The van der Waals surface area contributed by atoms with Gasteiger partial charge in [-0.2, -0.15) is 0 Å². The van der Waals surface area contributed by atoms with Crippen LogP contribution in [-0.2, 0) is 11.3 Å². The van der Waals surface area contributed by atoms with E-state index in [9.17, 15) is 4.79 Å². The minimum absolute atomic E-state index is 0.103. The maximum absolute atomic E-state index is 11.6. The minimum atomic E-state index is -0.355. The summed E-state index contributed by atoms with van der Waals surface area (Å²) in [5.41, 5.74) is 1.10. The summed E-state index contributed by atoms with van der Waals surface area (Å²) in [5.74, 6) is 0. The van der Waals surface area contributed by atoms with Crippen LogP contribution in [0.4, 0.5) is 4.79 Å². The van der Waals surface area contributed by atoms with E-state index in [0.717, 1.165) is 18.4 Å². The molecule has 2 rings (SSSR count). The molecule has 1 N–H and O–H groups in total. The molecule has 1 saturated carbocycles. The Bertz CT molecular complexity index is 410. The van der Waals surface area contributed by atoms with Gasteiger partial charge in [-0.15, -0.1) is 6.58 Å². The molecule has 0 unspecified atom stereocenters. The third-order valence-corrected chi connectivity index (χ3v) is 3.58. The highest BCUT2D eigenvalue weighted by Crippen LogP contribution is 2.41. The van der Waals surface area contributed by atoms with E-state index in [-0.39, 0.29) is 11.5 Å². The highest BCUT2D eigenvalue weighted by atomic mass is 16.5. The van der Waals surface area contributed by atoms with Crippen LogP contribution >= 0.6 is 0 Å². The third-order valence-electron chi connectivity index (χ3n) is 3.58. The van der Waals surface area contributed by atoms with E-state index in [1.54, 1.807) is 0 Å². The Morgan fingerprint density at radius 2 is 2.11 bits per heavy atom. The van der Waals surface area contributed by atoms with Gasteiger partial charge >= 0.3 is 6.09 Å². The number of rotatable bonds is 5. The van der Waals surface area contributed by atoms with Gasteiger partial charge in [0.05, 0.1) is 0 Å². The maximum atomic E-state index is 11.6. The van der Waals surface area contributed by atoms with Gasteiger partial charge in [0.15, 0.2) is 0 Å². The van der Waals surface area contributed by atoms with Gasteiger partial charge in [0.25, 0.3) is 0 Å². The van der Waals surface area contributed by atoms with E-state index < -0.39 is 0 Å². The smallest absolute Gasteiger partial charge is 0.407 e. The van der Waals surface area contributed by atoms with Gasteiger partial charge < -0.3 is 10.1 Å². The average Bonchev–Trinajstić information content (AvgIpc) is 2.37. The van der Waals surface area contributed by atoms with E-state index >= 15 is 0 Å². The van der Waals surface area contributed by atoms with Crippen molar-refractivity contribution < 1.29 is 9.53 Å². The summed E-state index contributed by atoms with van der Waals surface area (Å²) in [6.07, 6.45) is 5.03. The molecule has 0 radical (unpaired) electrons. The summed E-state index contributed by atoms with van der Waals surface area (Å²) < 4.78 is 5.15. The van der Waals surface area contributed by atoms with Crippen molar-refractivity contribution in [1.82, 2.24) is 5.32 Å². The molecule has 0 atom stereocenters. The van der Waals surface area contributed by atoms with Crippen LogP contribution in [0.1, 0.15) is 24.8 Å². The van der Waals surface area contributed by atoms with Gasteiger partial charge in [-0.1, -0.05) is 42.8 Å². The number of hydrogen-bond donors (Lipinski definition) is 1. The Morgan fingerprint density at radius 3 is 2.67 bits per heavy atom. The zero-order valence-corrected chi connectivity index (χ0v) is 10.5. The molecule has 3 heteroatoms. The lowest BCUT2D eigenvalue weighted by Gasteiger charge is -2.39. The van der Waals surface area contributed by atoms with Crippen molar-refractivity contribution >= 4 is 6.09 Å². The van der Waals surface area contributed by atoms with Crippen molar-refractivity contribution in [2.24, 2.45) is 5.41 Å².